The first-order chi connectivity index (χ1) is 10.6. The molecule has 0 fully saturated rings. The topological polar surface area (TPSA) is 78.9 Å². The van der Waals surface area contributed by atoms with Crippen LogP contribution >= 0.6 is 11.6 Å². The van der Waals surface area contributed by atoms with E-state index < -0.39 is 0 Å². The minimum absolute atomic E-state index is 0.0274. The van der Waals surface area contributed by atoms with Crippen molar-refractivity contribution in [2.24, 2.45) is 0 Å². The van der Waals surface area contributed by atoms with Crippen LogP contribution in [0.2, 0.25) is 5.02 Å². The molecular weight excluding hydrogens is 308 g/mol. The summed E-state index contributed by atoms with van der Waals surface area (Å²) in [6.07, 6.45) is 0.550. The van der Waals surface area contributed by atoms with Gasteiger partial charge in [-0.1, -0.05) is 17.7 Å². The molecule has 0 saturated carbocycles. The van der Waals surface area contributed by atoms with E-state index in [0.29, 0.717) is 30.3 Å². The number of nitrogens with one attached hydrogen (secondary N) is 1. The smallest absolute Gasteiger partial charge is 0.321 e. The number of hydrogen-bond acceptors (Lipinski definition) is 4. The third-order valence-electron chi connectivity index (χ3n) is 2.84. The molecule has 0 aliphatic heterocycles. The highest BCUT2D eigenvalue weighted by atomic mass is 35.5. The lowest BCUT2D eigenvalue weighted by atomic mass is 10.3. The number of anilines is 1. The lowest BCUT2D eigenvalue weighted by Crippen LogP contribution is -2.37. The molecule has 0 atom stereocenters. The van der Waals surface area contributed by atoms with Crippen LogP contribution in [-0.4, -0.2) is 48.3 Å². The van der Waals surface area contributed by atoms with Gasteiger partial charge in [0, 0.05) is 30.4 Å². The van der Waals surface area contributed by atoms with Crippen molar-refractivity contribution in [3.05, 3.63) is 29.3 Å². The number of urea groups is 1. The van der Waals surface area contributed by atoms with Gasteiger partial charge < -0.3 is 20.1 Å². The van der Waals surface area contributed by atoms with E-state index in [4.69, 9.17) is 21.4 Å². The number of aliphatic hydroxyl groups is 1. The Morgan fingerprint density at radius 3 is 2.77 bits per heavy atom. The fourth-order valence-corrected chi connectivity index (χ4v) is 1.99. The number of amides is 2. The first kappa shape index (κ1) is 18.3. The average molecular weight is 329 g/mol. The van der Waals surface area contributed by atoms with Gasteiger partial charge in [-0.15, -0.1) is 0 Å². The van der Waals surface area contributed by atoms with Crippen LogP contribution in [0.5, 0.6) is 0 Å². The Bertz CT molecular complexity index is 496. The van der Waals surface area contributed by atoms with E-state index in [1.807, 2.05) is 0 Å². The first-order valence-electron chi connectivity index (χ1n) is 7.14. The molecule has 0 aliphatic rings. The zero-order valence-electron chi connectivity index (χ0n) is 12.5. The lowest BCUT2D eigenvalue weighted by Gasteiger charge is -2.22. The van der Waals surface area contributed by atoms with E-state index in [2.05, 4.69) is 5.32 Å². The van der Waals surface area contributed by atoms with Gasteiger partial charge in [-0.05, 0) is 31.5 Å². The number of rotatable bonds is 8. The molecule has 0 heterocycles. The number of carbonyl (C=O) groups excluding carboxylic acids is 2. The van der Waals surface area contributed by atoms with Crippen LogP contribution in [0.25, 0.3) is 0 Å². The van der Waals surface area contributed by atoms with Crippen LogP contribution in [0.1, 0.15) is 19.8 Å². The Kier molecular flexibility index (Phi) is 8.32. The third-order valence-corrected chi connectivity index (χ3v) is 3.08. The molecule has 1 rings (SSSR count). The molecule has 7 heteroatoms. The number of benzene rings is 1. The molecule has 0 aromatic heterocycles. The Labute approximate surface area is 135 Å². The molecule has 0 radical (unpaired) electrons. The summed E-state index contributed by atoms with van der Waals surface area (Å²) in [5.41, 5.74) is 0.572. The quantitative estimate of drug-likeness (QED) is 0.719. The van der Waals surface area contributed by atoms with Crippen molar-refractivity contribution < 1.29 is 19.4 Å². The van der Waals surface area contributed by atoms with Crippen molar-refractivity contribution >= 4 is 29.3 Å². The minimum atomic E-state index is -0.355. The average Bonchev–Trinajstić information content (AvgIpc) is 2.47. The van der Waals surface area contributed by atoms with Crippen molar-refractivity contribution in [3.8, 4) is 0 Å². The van der Waals surface area contributed by atoms with E-state index in [0.717, 1.165) is 0 Å². The van der Waals surface area contributed by atoms with Crippen molar-refractivity contribution in [2.45, 2.75) is 19.8 Å². The van der Waals surface area contributed by atoms with Crippen LogP contribution in [0.15, 0.2) is 24.3 Å². The summed E-state index contributed by atoms with van der Waals surface area (Å²) in [5, 5.41) is 12.2. The summed E-state index contributed by atoms with van der Waals surface area (Å²) < 4.78 is 4.85. The highest BCUT2D eigenvalue weighted by molar-refractivity contribution is 6.30. The summed E-state index contributed by atoms with van der Waals surface area (Å²) >= 11 is 5.87. The standard InChI is InChI=1S/C15H21ClN2O4/c1-2-22-14(20)7-9-18(8-4-10-19)15(21)17-13-6-3-5-12(16)11-13/h3,5-6,11,19H,2,4,7-10H2,1H3,(H,17,21). The summed E-state index contributed by atoms with van der Waals surface area (Å²) in [6, 6.07) is 6.45. The van der Waals surface area contributed by atoms with Gasteiger partial charge in [-0.3, -0.25) is 4.79 Å². The number of aliphatic hydroxyl groups excluding tert-OH is 1. The highest BCUT2D eigenvalue weighted by Crippen LogP contribution is 2.15. The van der Waals surface area contributed by atoms with Crippen LogP contribution in [0.4, 0.5) is 10.5 Å². The fraction of sp³-hybridized carbons (Fsp3) is 0.467. The van der Waals surface area contributed by atoms with E-state index in [9.17, 15) is 9.59 Å². The van der Waals surface area contributed by atoms with Gasteiger partial charge in [0.25, 0.3) is 0 Å². The Morgan fingerprint density at radius 2 is 2.14 bits per heavy atom. The van der Waals surface area contributed by atoms with Gasteiger partial charge >= 0.3 is 12.0 Å². The van der Waals surface area contributed by atoms with Crippen molar-refractivity contribution in [1.82, 2.24) is 4.90 Å². The van der Waals surface area contributed by atoms with Crippen LogP contribution in [-0.2, 0) is 9.53 Å². The molecule has 0 saturated heterocycles. The lowest BCUT2D eigenvalue weighted by molar-refractivity contribution is -0.143. The largest absolute Gasteiger partial charge is 0.466 e. The number of nitrogens with zero attached hydrogens (tertiary/aromatic N) is 1. The molecule has 0 bridgehead atoms. The maximum absolute atomic E-state index is 12.2. The van der Waals surface area contributed by atoms with Crippen LogP contribution < -0.4 is 5.32 Å². The Morgan fingerprint density at radius 1 is 1.36 bits per heavy atom. The van der Waals surface area contributed by atoms with Gasteiger partial charge in [0.05, 0.1) is 13.0 Å². The number of halogens is 1. The molecule has 0 spiro atoms. The predicted octanol–water partition coefficient (Wildman–Crippen LogP) is 2.51. The van der Waals surface area contributed by atoms with Crippen molar-refractivity contribution in [3.63, 3.8) is 0 Å². The molecule has 0 unspecified atom stereocenters. The second-order valence-electron chi connectivity index (χ2n) is 4.56. The van der Waals surface area contributed by atoms with Crippen LogP contribution in [0, 0.1) is 0 Å². The molecule has 2 N–H and O–H groups in total. The third kappa shape index (κ3) is 6.78. The maximum atomic E-state index is 12.2. The monoisotopic (exact) mass is 328 g/mol. The number of esters is 1. The zero-order chi connectivity index (χ0) is 16.4. The van der Waals surface area contributed by atoms with Crippen molar-refractivity contribution in [2.75, 3.05) is 31.6 Å². The van der Waals surface area contributed by atoms with E-state index in [-0.39, 0.29) is 31.6 Å². The molecule has 1 aromatic carbocycles. The van der Waals surface area contributed by atoms with Gasteiger partial charge in [-0.25, -0.2) is 4.79 Å². The Balaban J connectivity index is 2.61. The molecule has 2 amide bonds. The van der Waals surface area contributed by atoms with Gasteiger partial charge in [0.15, 0.2) is 0 Å². The van der Waals surface area contributed by atoms with E-state index in [1.165, 1.54) is 4.90 Å². The molecule has 0 aliphatic carbocycles. The SMILES string of the molecule is CCOC(=O)CCN(CCCO)C(=O)Nc1cccc(Cl)c1. The zero-order valence-corrected chi connectivity index (χ0v) is 13.3. The summed E-state index contributed by atoms with van der Waals surface area (Å²) in [7, 11) is 0. The van der Waals surface area contributed by atoms with Gasteiger partial charge in [0.2, 0.25) is 0 Å². The molecule has 22 heavy (non-hydrogen) atoms. The second-order valence-corrected chi connectivity index (χ2v) is 5.00. The normalized spacial score (nSPS) is 10.1. The molecule has 1 aromatic rings. The number of hydrogen-bond donors (Lipinski definition) is 2. The highest BCUT2D eigenvalue weighted by Gasteiger charge is 2.15. The molecule has 122 valence electrons. The summed E-state index contributed by atoms with van der Waals surface area (Å²) in [6.45, 7) is 2.59. The predicted molar refractivity (Wildman–Crippen MR) is 85.0 cm³/mol. The van der Waals surface area contributed by atoms with Gasteiger partial charge in [-0.2, -0.15) is 0 Å². The Hall–Kier alpha value is -1.79. The van der Waals surface area contributed by atoms with Gasteiger partial charge in [0.1, 0.15) is 0 Å². The fourth-order valence-electron chi connectivity index (χ4n) is 1.80. The van der Waals surface area contributed by atoms with E-state index >= 15 is 0 Å². The number of carbonyl (C=O) groups is 2. The van der Waals surface area contributed by atoms with E-state index in [1.54, 1.807) is 31.2 Å². The summed E-state index contributed by atoms with van der Waals surface area (Å²) in [4.78, 5) is 25.1. The molecular formula is C15H21ClN2O4. The van der Waals surface area contributed by atoms with Crippen molar-refractivity contribution in [1.29, 1.82) is 0 Å². The van der Waals surface area contributed by atoms with Crippen LogP contribution in [0.3, 0.4) is 0 Å². The molecule has 6 nitrogen and oxygen atoms in total. The second kappa shape index (κ2) is 10.0. The minimum Gasteiger partial charge on any atom is -0.466 e. The summed E-state index contributed by atoms with van der Waals surface area (Å²) in [5.74, 6) is -0.355. The number of ether oxygens (including phenoxy) is 1. The maximum Gasteiger partial charge on any atom is 0.321 e. The first-order valence-corrected chi connectivity index (χ1v) is 7.52.